The molecule has 3 aromatic carbocycles. The van der Waals surface area contributed by atoms with E-state index in [2.05, 4.69) is 15.0 Å². The summed E-state index contributed by atoms with van der Waals surface area (Å²) < 4.78 is 55.5. The second-order valence-electron chi connectivity index (χ2n) is 8.20. The molecule has 196 valence electrons. The molecule has 0 unspecified atom stereocenters. The van der Waals surface area contributed by atoms with E-state index in [4.69, 9.17) is 11.6 Å². The minimum Gasteiger partial charge on any atom is -0.325 e. The van der Waals surface area contributed by atoms with Crippen molar-refractivity contribution in [2.75, 3.05) is 20.9 Å². The number of rotatable bonds is 9. The van der Waals surface area contributed by atoms with Crippen molar-refractivity contribution in [3.05, 3.63) is 108 Å². The van der Waals surface area contributed by atoms with Crippen LogP contribution in [0.5, 0.6) is 0 Å². The molecule has 4 aromatic rings. The lowest BCUT2D eigenvalue weighted by atomic mass is 10.2. The molecule has 0 atom stereocenters. The third kappa shape index (κ3) is 6.49. The number of pyridine rings is 1. The first kappa shape index (κ1) is 27.1. The van der Waals surface area contributed by atoms with Crippen LogP contribution < -0.4 is 14.3 Å². The fourth-order valence-corrected chi connectivity index (χ4v) is 6.06. The Morgan fingerprint density at radius 1 is 0.868 bits per heavy atom. The summed E-state index contributed by atoms with van der Waals surface area (Å²) in [6.45, 7) is 1.29. The summed E-state index contributed by atoms with van der Waals surface area (Å²) in [6.07, 6.45) is 1.46. The second kappa shape index (κ2) is 11.2. The molecule has 0 aliphatic heterocycles. The number of nitrogens with one attached hydrogen (secondary N) is 2. The molecule has 0 bridgehead atoms. The standard InChI is InChI=1S/C26H23ClN4O5S2/c1-19-8-12-24(13-9-19)38(35,36)31(22-6-4-5-20(27)17-22)18-26(32)29-21-10-14-23(15-11-21)37(33,34)30-25-7-2-3-16-28-25/h2-17H,18H2,1H3,(H,28,30)(H,29,32). The average Bonchev–Trinajstić information content (AvgIpc) is 2.88. The van der Waals surface area contributed by atoms with Crippen molar-refractivity contribution in [2.45, 2.75) is 16.7 Å². The number of hydrogen-bond acceptors (Lipinski definition) is 6. The number of halogens is 1. The number of benzene rings is 3. The van der Waals surface area contributed by atoms with Crippen LogP contribution in [0.15, 0.2) is 107 Å². The molecule has 0 spiro atoms. The van der Waals surface area contributed by atoms with Crippen LogP contribution in [-0.4, -0.2) is 34.3 Å². The van der Waals surface area contributed by atoms with Crippen molar-refractivity contribution in [3.8, 4) is 0 Å². The molecular formula is C26H23ClN4O5S2. The number of carbonyl (C=O) groups is 1. The van der Waals surface area contributed by atoms with Gasteiger partial charge in [-0.15, -0.1) is 0 Å². The van der Waals surface area contributed by atoms with Gasteiger partial charge in [0.2, 0.25) is 5.91 Å². The summed E-state index contributed by atoms with van der Waals surface area (Å²) in [6, 6.07) is 22.7. The van der Waals surface area contributed by atoms with E-state index in [9.17, 15) is 21.6 Å². The number of sulfonamides is 2. The van der Waals surface area contributed by atoms with Gasteiger partial charge in [0.1, 0.15) is 12.4 Å². The van der Waals surface area contributed by atoms with E-state index in [0.717, 1.165) is 9.87 Å². The van der Waals surface area contributed by atoms with Crippen LogP contribution in [0.2, 0.25) is 5.02 Å². The average molecular weight is 571 g/mol. The van der Waals surface area contributed by atoms with Gasteiger partial charge in [-0.1, -0.05) is 41.4 Å². The van der Waals surface area contributed by atoms with Gasteiger partial charge >= 0.3 is 0 Å². The first-order valence-electron chi connectivity index (χ1n) is 11.2. The smallest absolute Gasteiger partial charge is 0.264 e. The first-order chi connectivity index (χ1) is 18.0. The number of carbonyl (C=O) groups excluding carboxylic acids is 1. The summed E-state index contributed by atoms with van der Waals surface area (Å²) in [5.41, 5.74) is 1.39. The SMILES string of the molecule is Cc1ccc(S(=O)(=O)N(CC(=O)Nc2ccc(S(=O)(=O)Nc3ccccn3)cc2)c2cccc(Cl)c2)cc1. The lowest BCUT2D eigenvalue weighted by molar-refractivity contribution is -0.114. The fraction of sp³-hybridized carbons (Fsp3) is 0.0769. The van der Waals surface area contributed by atoms with Crippen molar-refractivity contribution in [1.82, 2.24) is 4.98 Å². The highest BCUT2D eigenvalue weighted by atomic mass is 35.5. The van der Waals surface area contributed by atoms with Crippen molar-refractivity contribution in [1.29, 1.82) is 0 Å². The Kier molecular flexibility index (Phi) is 8.00. The van der Waals surface area contributed by atoms with Gasteiger partial charge in [-0.3, -0.25) is 13.8 Å². The number of nitrogens with zero attached hydrogens (tertiary/aromatic N) is 2. The Hall–Kier alpha value is -3.93. The Morgan fingerprint density at radius 2 is 1.55 bits per heavy atom. The van der Waals surface area contributed by atoms with Gasteiger partial charge in [-0.25, -0.2) is 21.8 Å². The molecule has 1 heterocycles. The van der Waals surface area contributed by atoms with Crippen LogP contribution in [-0.2, 0) is 24.8 Å². The lowest BCUT2D eigenvalue weighted by Crippen LogP contribution is -2.38. The maximum absolute atomic E-state index is 13.5. The van der Waals surface area contributed by atoms with Crippen molar-refractivity contribution >= 4 is 54.7 Å². The summed E-state index contributed by atoms with van der Waals surface area (Å²) in [5, 5.41) is 2.92. The maximum atomic E-state index is 13.5. The normalized spacial score (nSPS) is 11.5. The monoisotopic (exact) mass is 570 g/mol. The Bertz CT molecular complexity index is 1650. The summed E-state index contributed by atoms with van der Waals surface area (Å²) in [5.74, 6) is -0.469. The molecule has 0 aliphatic rings. The number of anilines is 3. The molecule has 2 N–H and O–H groups in total. The summed E-state index contributed by atoms with van der Waals surface area (Å²) in [4.78, 5) is 16.9. The molecule has 38 heavy (non-hydrogen) atoms. The van der Waals surface area contributed by atoms with E-state index >= 15 is 0 Å². The van der Waals surface area contributed by atoms with Gasteiger partial charge < -0.3 is 5.32 Å². The predicted molar refractivity (Wildman–Crippen MR) is 147 cm³/mol. The molecular weight excluding hydrogens is 548 g/mol. The largest absolute Gasteiger partial charge is 0.325 e. The van der Waals surface area contributed by atoms with E-state index in [1.807, 2.05) is 6.92 Å². The van der Waals surface area contributed by atoms with Crippen molar-refractivity contribution in [2.24, 2.45) is 0 Å². The fourth-order valence-electron chi connectivity index (χ4n) is 3.45. The van der Waals surface area contributed by atoms with E-state index in [1.54, 1.807) is 42.5 Å². The van der Waals surface area contributed by atoms with Gasteiger partial charge in [0.05, 0.1) is 15.5 Å². The van der Waals surface area contributed by atoms with E-state index in [1.165, 1.54) is 54.7 Å². The van der Waals surface area contributed by atoms with Crippen LogP contribution in [0.25, 0.3) is 0 Å². The predicted octanol–water partition coefficient (Wildman–Crippen LogP) is 4.68. The Balaban J connectivity index is 1.53. The van der Waals surface area contributed by atoms with Crippen LogP contribution in [0, 0.1) is 6.92 Å². The molecule has 0 saturated carbocycles. The maximum Gasteiger partial charge on any atom is 0.264 e. The van der Waals surface area contributed by atoms with Gasteiger partial charge in [-0.2, -0.15) is 0 Å². The quantitative estimate of drug-likeness (QED) is 0.301. The van der Waals surface area contributed by atoms with Gasteiger partial charge in [-0.05, 0) is 73.7 Å². The molecule has 1 amide bonds. The van der Waals surface area contributed by atoms with Crippen molar-refractivity contribution < 1.29 is 21.6 Å². The third-order valence-electron chi connectivity index (χ3n) is 5.34. The van der Waals surface area contributed by atoms with E-state index in [-0.39, 0.29) is 27.0 Å². The molecule has 0 fully saturated rings. The van der Waals surface area contributed by atoms with Gasteiger partial charge in [0.25, 0.3) is 20.0 Å². The van der Waals surface area contributed by atoms with Gasteiger partial charge in [0, 0.05) is 16.9 Å². The summed E-state index contributed by atoms with van der Waals surface area (Å²) >= 11 is 6.09. The molecule has 1 aromatic heterocycles. The third-order valence-corrected chi connectivity index (χ3v) is 8.74. The molecule has 12 heteroatoms. The topological polar surface area (TPSA) is 126 Å². The van der Waals surface area contributed by atoms with Crippen LogP contribution in [0.1, 0.15) is 5.56 Å². The zero-order chi connectivity index (χ0) is 27.3. The lowest BCUT2D eigenvalue weighted by Gasteiger charge is -2.24. The zero-order valence-corrected chi connectivity index (χ0v) is 22.5. The Morgan fingerprint density at radius 3 is 2.18 bits per heavy atom. The molecule has 9 nitrogen and oxygen atoms in total. The minimum absolute atomic E-state index is 0.0193. The van der Waals surface area contributed by atoms with Crippen LogP contribution in [0.4, 0.5) is 17.2 Å². The first-order valence-corrected chi connectivity index (χ1v) is 14.5. The van der Waals surface area contributed by atoms with E-state index < -0.39 is 32.5 Å². The second-order valence-corrected chi connectivity index (χ2v) is 12.2. The molecule has 0 saturated heterocycles. The number of amides is 1. The molecule has 0 radical (unpaired) electrons. The highest BCUT2D eigenvalue weighted by molar-refractivity contribution is 7.93. The minimum atomic E-state index is -4.11. The molecule has 4 rings (SSSR count). The highest BCUT2D eigenvalue weighted by Crippen LogP contribution is 2.26. The Labute approximate surface area is 226 Å². The number of aryl methyl sites for hydroxylation is 1. The number of aromatic nitrogens is 1. The van der Waals surface area contributed by atoms with Crippen molar-refractivity contribution in [3.63, 3.8) is 0 Å². The van der Waals surface area contributed by atoms with Gasteiger partial charge in [0.15, 0.2) is 0 Å². The zero-order valence-electron chi connectivity index (χ0n) is 20.1. The van der Waals surface area contributed by atoms with Crippen LogP contribution in [0.3, 0.4) is 0 Å². The van der Waals surface area contributed by atoms with Crippen LogP contribution >= 0.6 is 11.6 Å². The highest BCUT2D eigenvalue weighted by Gasteiger charge is 2.27. The summed E-state index contributed by atoms with van der Waals surface area (Å²) in [7, 11) is -8.01. The molecule has 0 aliphatic carbocycles. The number of hydrogen-bond donors (Lipinski definition) is 2. The van der Waals surface area contributed by atoms with E-state index in [0.29, 0.717) is 5.02 Å².